The van der Waals surface area contributed by atoms with E-state index in [4.69, 9.17) is 0 Å². The van der Waals surface area contributed by atoms with Crippen molar-refractivity contribution in [1.82, 2.24) is 10.2 Å². The molecule has 3 nitrogen and oxygen atoms in total. The Bertz CT molecular complexity index is 452. The Morgan fingerprint density at radius 2 is 1.86 bits per heavy atom. The number of carbonyl (C=O) groups is 1. The summed E-state index contributed by atoms with van der Waals surface area (Å²) in [6, 6.07) is 8.21. The molecule has 0 spiro atoms. The van der Waals surface area contributed by atoms with E-state index in [9.17, 15) is 4.79 Å². The highest BCUT2D eigenvalue weighted by molar-refractivity contribution is 9.08. The van der Waals surface area contributed by atoms with Gasteiger partial charge in [0.05, 0.1) is 0 Å². The Morgan fingerprint density at radius 3 is 2.38 bits per heavy atom. The lowest BCUT2D eigenvalue weighted by atomic mass is 10.0. The standard InChI is InChI=1S/C17H25BrN2O/c1-13(2)16(20-9-3-4-10-20)12-19-17(21)15-7-5-14(11-18)6-8-15/h5-8,13,16H,3-4,9-12H2,1-2H3,(H,19,21). The first kappa shape index (κ1) is 16.5. The maximum atomic E-state index is 12.2. The molecule has 1 saturated heterocycles. The topological polar surface area (TPSA) is 32.3 Å². The summed E-state index contributed by atoms with van der Waals surface area (Å²) in [7, 11) is 0. The lowest BCUT2D eigenvalue weighted by Crippen LogP contribution is -2.45. The number of halogens is 1. The van der Waals surface area contributed by atoms with Crippen molar-refractivity contribution in [3.8, 4) is 0 Å². The smallest absolute Gasteiger partial charge is 0.251 e. The monoisotopic (exact) mass is 352 g/mol. The first-order valence-electron chi connectivity index (χ1n) is 7.79. The molecule has 1 heterocycles. The normalized spacial score (nSPS) is 17.1. The Hall–Kier alpha value is -0.870. The van der Waals surface area contributed by atoms with Gasteiger partial charge in [-0.3, -0.25) is 9.69 Å². The van der Waals surface area contributed by atoms with Crippen molar-refractivity contribution < 1.29 is 4.79 Å². The van der Waals surface area contributed by atoms with Crippen molar-refractivity contribution in [2.75, 3.05) is 19.6 Å². The molecule has 1 aliphatic heterocycles. The SMILES string of the molecule is CC(C)C(CNC(=O)c1ccc(CBr)cc1)N1CCCC1. The summed E-state index contributed by atoms with van der Waals surface area (Å²) in [5, 5.41) is 3.92. The first-order chi connectivity index (χ1) is 10.1. The quantitative estimate of drug-likeness (QED) is 0.795. The Balaban J connectivity index is 1.91. The van der Waals surface area contributed by atoms with E-state index in [0.29, 0.717) is 12.0 Å². The van der Waals surface area contributed by atoms with Gasteiger partial charge in [0, 0.05) is 23.5 Å². The molecule has 4 heteroatoms. The van der Waals surface area contributed by atoms with E-state index in [1.54, 1.807) is 0 Å². The first-order valence-corrected chi connectivity index (χ1v) is 8.91. The van der Waals surface area contributed by atoms with E-state index >= 15 is 0 Å². The molecule has 1 unspecified atom stereocenters. The molecule has 2 rings (SSSR count). The average molecular weight is 353 g/mol. The lowest BCUT2D eigenvalue weighted by molar-refractivity contribution is 0.0927. The van der Waals surface area contributed by atoms with E-state index < -0.39 is 0 Å². The number of nitrogens with zero attached hydrogens (tertiary/aromatic N) is 1. The summed E-state index contributed by atoms with van der Waals surface area (Å²) >= 11 is 3.42. The molecular formula is C17H25BrN2O. The molecule has 1 fully saturated rings. The number of alkyl halides is 1. The van der Waals surface area contributed by atoms with Gasteiger partial charge >= 0.3 is 0 Å². The summed E-state index contributed by atoms with van der Waals surface area (Å²) in [4.78, 5) is 14.8. The fourth-order valence-electron chi connectivity index (χ4n) is 2.90. The molecule has 21 heavy (non-hydrogen) atoms. The predicted octanol–water partition coefficient (Wildman–Crippen LogP) is 3.43. The van der Waals surface area contributed by atoms with Crippen LogP contribution in [0.15, 0.2) is 24.3 Å². The average Bonchev–Trinajstić information content (AvgIpc) is 3.01. The van der Waals surface area contributed by atoms with Crippen LogP contribution < -0.4 is 5.32 Å². The number of hydrogen-bond acceptors (Lipinski definition) is 2. The van der Waals surface area contributed by atoms with Crippen LogP contribution in [0.4, 0.5) is 0 Å². The molecule has 1 N–H and O–H groups in total. The van der Waals surface area contributed by atoms with Crippen LogP contribution >= 0.6 is 15.9 Å². The largest absolute Gasteiger partial charge is 0.350 e. The van der Waals surface area contributed by atoms with Crippen LogP contribution in [0.2, 0.25) is 0 Å². The zero-order chi connectivity index (χ0) is 15.2. The molecule has 1 atom stereocenters. The highest BCUT2D eigenvalue weighted by Crippen LogP contribution is 2.17. The fraction of sp³-hybridized carbons (Fsp3) is 0.588. The number of rotatable bonds is 6. The van der Waals surface area contributed by atoms with Crippen LogP contribution in [-0.4, -0.2) is 36.5 Å². The summed E-state index contributed by atoms with van der Waals surface area (Å²) in [5.74, 6) is 0.583. The number of amides is 1. The number of nitrogens with one attached hydrogen (secondary N) is 1. The van der Waals surface area contributed by atoms with Crippen LogP contribution in [0.5, 0.6) is 0 Å². The highest BCUT2D eigenvalue weighted by Gasteiger charge is 2.24. The molecule has 0 aliphatic carbocycles. The van der Waals surface area contributed by atoms with Crippen molar-refractivity contribution in [3.63, 3.8) is 0 Å². The van der Waals surface area contributed by atoms with Gasteiger partial charge in [-0.05, 0) is 49.5 Å². The van der Waals surface area contributed by atoms with Crippen molar-refractivity contribution in [3.05, 3.63) is 35.4 Å². The second-order valence-electron chi connectivity index (χ2n) is 6.10. The molecule has 1 aliphatic rings. The van der Waals surface area contributed by atoms with Gasteiger partial charge in [-0.2, -0.15) is 0 Å². The third-order valence-electron chi connectivity index (χ3n) is 4.22. The Labute approximate surface area is 136 Å². The second kappa shape index (κ2) is 7.95. The molecule has 0 radical (unpaired) electrons. The molecule has 1 amide bonds. The predicted molar refractivity (Wildman–Crippen MR) is 90.8 cm³/mol. The zero-order valence-corrected chi connectivity index (χ0v) is 14.5. The Kier molecular flexibility index (Phi) is 6.24. The maximum absolute atomic E-state index is 12.2. The number of hydrogen-bond donors (Lipinski definition) is 1. The third-order valence-corrected chi connectivity index (χ3v) is 4.87. The molecule has 0 bridgehead atoms. The van der Waals surface area contributed by atoms with E-state index in [1.807, 2.05) is 24.3 Å². The van der Waals surface area contributed by atoms with Crippen molar-refractivity contribution >= 4 is 21.8 Å². The molecule has 0 saturated carbocycles. The van der Waals surface area contributed by atoms with Gasteiger partial charge < -0.3 is 5.32 Å². The van der Waals surface area contributed by atoms with E-state index in [1.165, 1.54) is 31.5 Å². The molecule has 1 aromatic carbocycles. The fourth-order valence-corrected chi connectivity index (χ4v) is 3.28. The third kappa shape index (κ3) is 4.55. The number of benzene rings is 1. The number of carbonyl (C=O) groups excluding carboxylic acids is 1. The minimum Gasteiger partial charge on any atom is -0.350 e. The van der Waals surface area contributed by atoms with E-state index in [0.717, 1.165) is 17.4 Å². The second-order valence-corrected chi connectivity index (χ2v) is 6.66. The minimum absolute atomic E-state index is 0.0287. The number of likely N-dealkylation sites (tertiary alicyclic amines) is 1. The van der Waals surface area contributed by atoms with Crippen LogP contribution in [0, 0.1) is 5.92 Å². The van der Waals surface area contributed by atoms with Crippen LogP contribution in [0.3, 0.4) is 0 Å². The highest BCUT2D eigenvalue weighted by atomic mass is 79.9. The zero-order valence-electron chi connectivity index (χ0n) is 12.9. The molecule has 0 aromatic heterocycles. The summed E-state index contributed by atoms with van der Waals surface area (Å²) < 4.78 is 0. The van der Waals surface area contributed by atoms with Gasteiger partial charge in [0.25, 0.3) is 5.91 Å². The van der Waals surface area contributed by atoms with Crippen LogP contribution in [0.1, 0.15) is 42.6 Å². The van der Waals surface area contributed by atoms with Gasteiger partial charge in [0.1, 0.15) is 0 Å². The van der Waals surface area contributed by atoms with Gasteiger partial charge in [-0.15, -0.1) is 0 Å². The maximum Gasteiger partial charge on any atom is 0.251 e. The van der Waals surface area contributed by atoms with Crippen molar-refractivity contribution in [2.24, 2.45) is 5.92 Å². The summed E-state index contributed by atoms with van der Waals surface area (Å²) in [5.41, 5.74) is 1.92. The Morgan fingerprint density at radius 1 is 1.24 bits per heavy atom. The van der Waals surface area contributed by atoms with Gasteiger partial charge in [0.2, 0.25) is 0 Å². The molecule has 1 aromatic rings. The van der Waals surface area contributed by atoms with Gasteiger partial charge in [-0.1, -0.05) is 41.9 Å². The summed E-state index contributed by atoms with van der Waals surface area (Å²) in [6.07, 6.45) is 2.57. The van der Waals surface area contributed by atoms with Crippen LogP contribution in [0.25, 0.3) is 0 Å². The van der Waals surface area contributed by atoms with Crippen molar-refractivity contribution in [2.45, 2.75) is 38.1 Å². The van der Waals surface area contributed by atoms with E-state index in [2.05, 4.69) is 40.0 Å². The molecular weight excluding hydrogens is 328 g/mol. The lowest BCUT2D eigenvalue weighted by Gasteiger charge is -2.31. The minimum atomic E-state index is 0.0287. The van der Waals surface area contributed by atoms with Crippen molar-refractivity contribution in [1.29, 1.82) is 0 Å². The summed E-state index contributed by atoms with van der Waals surface area (Å²) in [6.45, 7) is 7.54. The van der Waals surface area contributed by atoms with E-state index in [-0.39, 0.29) is 5.91 Å². The molecule has 116 valence electrons. The van der Waals surface area contributed by atoms with Gasteiger partial charge in [-0.25, -0.2) is 0 Å². The van der Waals surface area contributed by atoms with Crippen LogP contribution in [-0.2, 0) is 5.33 Å². The van der Waals surface area contributed by atoms with Gasteiger partial charge in [0.15, 0.2) is 0 Å².